The van der Waals surface area contributed by atoms with E-state index in [9.17, 15) is 0 Å². The van der Waals surface area contributed by atoms with Crippen LogP contribution in [0.1, 0.15) is 23.8 Å². The Morgan fingerprint density at radius 2 is 2.54 bits per heavy atom. The summed E-state index contributed by atoms with van der Waals surface area (Å²) >= 11 is 1.95. The van der Waals surface area contributed by atoms with Crippen molar-refractivity contribution in [2.75, 3.05) is 13.1 Å². The summed E-state index contributed by atoms with van der Waals surface area (Å²) in [6.45, 7) is 4.83. The molecule has 1 N–H and O–H groups in total. The minimum Gasteiger partial charge on any atom is -0.316 e. The number of hydrogen-bond donors (Lipinski definition) is 1. The summed E-state index contributed by atoms with van der Waals surface area (Å²) < 4.78 is 0. The first-order chi connectivity index (χ1) is 6.33. The topological polar surface area (TPSA) is 12.0 Å². The normalized spacial score (nSPS) is 37.2. The Hall–Kier alpha value is -0.340. The zero-order chi connectivity index (χ0) is 8.89. The fraction of sp³-hybridized carbons (Fsp3) is 0.636. The first-order valence-electron chi connectivity index (χ1n) is 5.10. The summed E-state index contributed by atoms with van der Waals surface area (Å²) in [5.41, 5.74) is 2.17. The van der Waals surface area contributed by atoms with E-state index >= 15 is 0 Å². The van der Waals surface area contributed by atoms with E-state index in [0.29, 0.717) is 5.41 Å². The highest BCUT2D eigenvalue weighted by Crippen LogP contribution is 2.48. The van der Waals surface area contributed by atoms with E-state index in [1.807, 2.05) is 11.3 Å². The van der Waals surface area contributed by atoms with Crippen molar-refractivity contribution in [3.63, 3.8) is 0 Å². The Balaban J connectivity index is 2.12. The molecule has 2 unspecified atom stereocenters. The fourth-order valence-electron chi connectivity index (χ4n) is 3.04. The lowest BCUT2D eigenvalue weighted by molar-refractivity contribution is 0.344. The number of thiophene rings is 1. The molecule has 2 heteroatoms. The van der Waals surface area contributed by atoms with Crippen molar-refractivity contribution in [2.24, 2.45) is 5.92 Å². The van der Waals surface area contributed by atoms with E-state index in [-0.39, 0.29) is 0 Å². The number of nitrogens with one attached hydrogen (secondary N) is 1. The average Bonchev–Trinajstić information content (AvgIpc) is 2.72. The molecule has 0 amide bonds. The molecule has 1 aliphatic heterocycles. The highest BCUT2D eigenvalue weighted by molar-refractivity contribution is 7.10. The van der Waals surface area contributed by atoms with Crippen LogP contribution < -0.4 is 5.32 Å². The highest BCUT2D eigenvalue weighted by Gasteiger charge is 2.46. The summed E-state index contributed by atoms with van der Waals surface area (Å²) in [7, 11) is 0. The maximum absolute atomic E-state index is 3.52. The first kappa shape index (κ1) is 8.01. The SMILES string of the molecule is CC1Cc2sccc2C12CCNC2. The molecule has 2 heterocycles. The smallest absolute Gasteiger partial charge is 0.0130 e. The van der Waals surface area contributed by atoms with E-state index in [4.69, 9.17) is 0 Å². The molecule has 0 bridgehead atoms. The van der Waals surface area contributed by atoms with Gasteiger partial charge >= 0.3 is 0 Å². The van der Waals surface area contributed by atoms with Crippen LogP contribution in [-0.2, 0) is 11.8 Å². The molecule has 1 aliphatic carbocycles. The molecule has 2 aliphatic rings. The van der Waals surface area contributed by atoms with Crippen molar-refractivity contribution in [1.29, 1.82) is 0 Å². The Morgan fingerprint density at radius 1 is 1.62 bits per heavy atom. The van der Waals surface area contributed by atoms with Gasteiger partial charge in [-0.2, -0.15) is 0 Å². The zero-order valence-electron chi connectivity index (χ0n) is 7.97. The second kappa shape index (κ2) is 2.58. The van der Waals surface area contributed by atoms with Gasteiger partial charge in [0.25, 0.3) is 0 Å². The lowest BCUT2D eigenvalue weighted by atomic mass is 9.75. The third-order valence-corrected chi connectivity index (χ3v) is 4.85. The molecular weight excluding hydrogens is 178 g/mol. The minimum atomic E-state index is 0.509. The zero-order valence-corrected chi connectivity index (χ0v) is 8.79. The lowest BCUT2D eigenvalue weighted by Gasteiger charge is -2.28. The highest BCUT2D eigenvalue weighted by atomic mass is 32.1. The van der Waals surface area contributed by atoms with Gasteiger partial charge in [-0.1, -0.05) is 6.92 Å². The predicted octanol–water partition coefficient (Wildman–Crippen LogP) is 2.17. The fourth-order valence-corrected chi connectivity index (χ4v) is 4.16. The van der Waals surface area contributed by atoms with Crippen LogP contribution in [0.25, 0.3) is 0 Å². The van der Waals surface area contributed by atoms with Crippen LogP contribution in [0.5, 0.6) is 0 Å². The Morgan fingerprint density at radius 3 is 3.31 bits per heavy atom. The van der Waals surface area contributed by atoms with Crippen molar-refractivity contribution in [3.8, 4) is 0 Å². The quantitative estimate of drug-likeness (QED) is 0.666. The van der Waals surface area contributed by atoms with Crippen molar-refractivity contribution in [1.82, 2.24) is 5.32 Å². The number of fused-ring (bicyclic) bond motifs is 2. The molecule has 1 aromatic heterocycles. The summed E-state index contributed by atoms with van der Waals surface area (Å²) in [6.07, 6.45) is 2.66. The molecule has 1 fully saturated rings. The van der Waals surface area contributed by atoms with Gasteiger partial charge in [0.05, 0.1) is 0 Å². The van der Waals surface area contributed by atoms with E-state index in [1.54, 1.807) is 10.4 Å². The van der Waals surface area contributed by atoms with E-state index in [0.717, 1.165) is 5.92 Å². The van der Waals surface area contributed by atoms with Crippen LogP contribution in [-0.4, -0.2) is 13.1 Å². The minimum absolute atomic E-state index is 0.509. The molecule has 1 aromatic rings. The molecule has 1 nitrogen and oxygen atoms in total. The molecule has 0 radical (unpaired) electrons. The van der Waals surface area contributed by atoms with E-state index in [1.165, 1.54) is 25.9 Å². The van der Waals surface area contributed by atoms with Gasteiger partial charge in [0.1, 0.15) is 0 Å². The van der Waals surface area contributed by atoms with Crippen molar-refractivity contribution < 1.29 is 0 Å². The Kier molecular flexibility index (Phi) is 1.59. The standard InChI is InChI=1S/C11H15NS/c1-8-6-10-9(2-5-13-10)11(8)3-4-12-7-11/h2,5,8,12H,3-4,6-7H2,1H3. The third-order valence-electron chi connectivity index (χ3n) is 3.91. The monoisotopic (exact) mass is 193 g/mol. The van der Waals surface area contributed by atoms with Gasteiger partial charge in [-0.25, -0.2) is 0 Å². The molecule has 0 saturated carbocycles. The Bertz CT molecular complexity index is 323. The molecular formula is C11H15NS. The summed E-state index contributed by atoms with van der Waals surface area (Å²) in [5, 5.41) is 5.78. The van der Waals surface area contributed by atoms with Gasteiger partial charge in [0.15, 0.2) is 0 Å². The molecule has 70 valence electrons. The van der Waals surface area contributed by atoms with Crippen molar-refractivity contribution in [3.05, 3.63) is 21.9 Å². The maximum atomic E-state index is 3.52. The van der Waals surface area contributed by atoms with Crippen LogP contribution in [0.15, 0.2) is 11.4 Å². The summed E-state index contributed by atoms with van der Waals surface area (Å²) in [5.74, 6) is 0.852. The second-order valence-electron chi connectivity index (χ2n) is 4.45. The molecule has 13 heavy (non-hydrogen) atoms. The van der Waals surface area contributed by atoms with Crippen LogP contribution in [0.3, 0.4) is 0 Å². The largest absolute Gasteiger partial charge is 0.316 e. The van der Waals surface area contributed by atoms with Crippen LogP contribution in [0.2, 0.25) is 0 Å². The molecule has 1 spiro atoms. The van der Waals surface area contributed by atoms with E-state index < -0.39 is 0 Å². The third kappa shape index (κ3) is 0.906. The predicted molar refractivity (Wildman–Crippen MR) is 56.4 cm³/mol. The van der Waals surface area contributed by atoms with Crippen molar-refractivity contribution >= 4 is 11.3 Å². The van der Waals surface area contributed by atoms with Gasteiger partial charge in [0, 0.05) is 16.8 Å². The molecule has 1 saturated heterocycles. The van der Waals surface area contributed by atoms with Gasteiger partial charge in [-0.3, -0.25) is 0 Å². The first-order valence-corrected chi connectivity index (χ1v) is 5.98. The average molecular weight is 193 g/mol. The van der Waals surface area contributed by atoms with E-state index in [2.05, 4.69) is 23.7 Å². The van der Waals surface area contributed by atoms with Gasteiger partial charge in [-0.05, 0) is 42.3 Å². The van der Waals surface area contributed by atoms with Gasteiger partial charge in [0.2, 0.25) is 0 Å². The molecule has 3 rings (SSSR count). The number of rotatable bonds is 0. The number of hydrogen-bond acceptors (Lipinski definition) is 2. The maximum Gasteiger partial charge on any atom is 0.0130 e. The van der Waals surface area contributed by atoms with Crippen molar-refractivity contribution in [2.45, 2.75) is 25.2 Å². The van der Waals surface area contributed by atoms with Crippen LogP contribution >= 0.6 is 11.3 Å². The lowest BCUT2D eigenvalue weighted by Crippen LogP contribution is -2.32. The van der Waals surface area contributed by atoms with Crippen LogP contribution in [0, 0.1) is 5.92 Å². The van der Waals surface area contributed by atoms with Gasteiger partial charge in [-0.15, -0.1) is 11.3 Å². The molecule has 2 atom stereocenters. The summed E-state index contributed by atoms with van der Waals surface area (Å²) in [6, 6.07) is 2.36. The van der Waals surface area contributed by atoms with Gasteiger partial charge < -0.3 is 5.32 Å². The molecule has 0 aromatic carbocycles. The second-order valence-corrected chi connectivity index (χ2v) is 5.45. The Labute approximate surface area is 83.2 Å². The van der Waals surface area contributed by atoms with Crippen LogP contribution in [0.4, 0.5) is 0 Å². The summed E-state index contributed by atoms with van der Waals surface area (Å²) in [4.78, 5) is 1.65.